The normalized spacial score (nSPS) is 13.9. The molecule has 1 aliphatic rings. The second-order valence-electron chi connectivity index (χ2n) is 4.83. The number of nitrogens with zero attached hydrogens (tertiary/aromatic N) is 2. The number of hydrazine groups is 1. The van der Waals surface area contributed by atoms with E-state index in [0.29, 0.717) is 22.2 Å². The summed E-state index contributed by atoms with van der Waals surface area (Å²) in [5.74, 6) is 6.19. The Bertz CT molecular complexity index is 622. The van der Waals surface area contributed by atoms with Gasteiger partial charge in [-0.2, -0.15) is 0 Å². The van der Waals surface area contributed by atoms with Gasteiger partial charge in [0.2, 0.25) is 0 Å². The zero-order chi connectivity index (χ0) is 14.1. The van der Waals surface area contributed by atoms with Crippen LogP contribution in [0, 0.1) is 5.82 Å². The van der Waals surface area contributed by atoms with Gasteiger partial charge in [0, 0.05) is 21.8 Å². The van der Waals surface area contributed by atoms with Gasteiger partial charge in [0.05, 0.1) is 0 Å². The number of nitrogens with two attached hydrogens (primary N) is 1. The topological polar surface area (TPSA) is 63.8 Å². The van der Waals surface area contributed by atoms with Crippen molar-refractivity contribution in [1.82, 2.24) is 9.97 Å². The average molecular weight is 293 g/mol. The number of aromatic nitrogens is 2. The molecule has 0 saturated carbocycles. The van der Waals surface area contributed by atoms with Gasteiger partial charge in [-0.1, -0.05) is 11.6 Å². The van der Waals surface area contributed by atoms with Crippen molar-refractivity contribution < 1.29 is 4.39 Å². The van der Waals surface area contributed by atoms with E-state index in [-0.39, 0.29) is 0 Å². The highest BCUT2D eigenvalue weighted by Gasteiger charge is 2.18. The molecule has 0 aliphatic heterocycles. The molecule has 1 aliphatic carbocycles. The van der Waals surface area contributed by atoms with Gasteiger partial charge in [-0.25, -0.2) is 20.2 Å². The lowest BCUT2D eigenvalue weighted by Crippen LogP contribution is -2.17. The molecule has 20 heavy (non-hydrogen) atoms. The third-order valence-electron chi connectivity index (χ3n) is 3.44. The molecule has 1 aromatic carbocycles. The molecule has 0 fully saturated rings. The summed E-state index contributed by atoms with van der Waals surface area (Å²) in [5.41, 5.74) is 5.21. The zero-order valence-electron chi connectivity index (χ0n) is 10.8. The molecule has 2 aromatic rings. The van der Waals surface area contributed by atoms with Crippen LogP contribution < -0.4 is 11.3 Å². The molecule has 0 spiro atoms. The minimum absolute atomic E-state index is 0.323. The van der Waals surface area contributed by atoms with Crippen LogP contribution in [0.25, 0.3) is 11.4 Å². The van der Waals surface area contributed by atoms with Gasteiger partial charge in [-0.05, 0) is 43.9 Å². The van der Waals surface area contributed by atoms with Crippen LogP contribution in [0.3, 0.4) is 0 Å². The van der Waals surface area contributed by atoms with E-state index < -0.39 is 5.82 Å². The Balaban J connectivity index is 2.14. The number of halogens is 2. The first kappa shape index (κ1) is 13.3. The van der Waals surface area contributed by atoms with Crippen LogP contribution in [-0.2, 0) is 12.8 Å². The van der Waals surface area contributed by atoms with Gasteiger partial charge in [-0.3, -0.25) is 0 Å². The number of anilines is 1. The molecule has 0 atom stereocenters. The number of hydrogen-bond acceptors (Lipinski definition) is 4. The van der Waals surface area contributed by atoms with Gasteiger partial charge >= 0.3 is 0 Å². The van der Waals surface area contributed by atoms with E-state index in [0.717, 1.165) is 36.9 Å². The molecule has 0 radical (unpaired) electrons. The first-order valence-corrected chi connectivity index (χ1v) is 6.88. The van der Waals surface area contributed by atoms with Crippen LogP contribution in [0.15, 0.2) is 18.2 Å². The number of rotatable bonds is 2. The Kier molecular flexibility index (Phi) is 3.54. The second-order valence-corrected chi connectivity index (χ2v) is 5.27. The first-order valence-electron chi connectivity index (χ1n) is 6.50. The Morgan fingerprint density at radius 2 is 1.95 bits per heavy atom. The van der Waals surface area contributed by atoms with Crippen LogP contribution in [0.5, 0.6) is 0 Å². The number of hydrogen-bond donors (Lipinski definition) is 2. The molecule has 6 heteroatoms. The Hall–Kier alpha value is -1.72. The van der Waals surface area contributed by atoms with E-state index in [1.165, 1.54) is 12.1 Å². The molecule has 4 nitrogen and oxygen atoms in total. The molecule has 0 bridgehead atoms. The zero-order valence-corrected chi connectivity index (χ0v) is 11.5. The molecule has 3 rings (SSSR count). The highest BCUT2D eigenvalue weighted by atomic mass is 35.5. The van der Waals surface area contributed by atoms with E-state index in [1.807, 2.05) is 0 Å². The molecule has 0 unspecified atom stereocenters. The van der Waals surface area contributed by atoms with Gasteiger partial charge in [-0.15, -0.1) is 0 Å². The van der Waals surface area contributed by atoms with Crippen molar-refractivity contribution in [3.63, 3.8) is 0 Å². The van der Waals surface area contributed by atoms with E-state index in [2.05, 4.69) is 15.4 Å². The molecular weight excluding hydrogens is 279 g/mol. The van der Waals surface area contributed by atoms with E-state index in [4.69, 9.17) is 17.4 Å². The van der Waals surface area contributed by atoms with Crippen LogP contribution in [0.1, 0.15) is 24.1 Å². The van der Waals surface area contributed by atoms with Crippen LogP contribution in [0.4, 0.5) is 10.2 Å². The summed E-state index contributed by atoms with van der Waals surface area (Å²) in [7, 11) is 0. The monoisotopic (exact) mass is 292 g/mol. The van der Waals surface area contributed by atoms with Crippen molar-refractivity contribution in [2.45, 2.75) is 25.7 Å². The lowest BCUT2D eigenvalue weighted by atomic mass is 9.96. The Labute approximate surface area is 121 Å². The summed E-state index contributed by atoms with van der Waals surface area (Å²) in [6, 6.07) is 4.28. The minimum atomic E-state index is -0.406. The molecule has 1 heterocycles. The smallest absolute Gasteiger partial charge is 0.161 e. The van der Waals surface area contributed by atoms with Gasteiger partial charge in [0.25, 0.3) is 0 Å². The number of nitrogens with one attached hydrogen (secondary N) is 1. The summed E-state index contributed by atoms with van der Waals surface area (Å²) in [4.78, 5) is 8.93. The predicted molar refractivity (Wildman–Crippen MR) is 76.9 cm³/mol. The third-order valence-corrected chi connectivity index (χ3v) is 3.66. The number of nitrogen functional groups attached to an aromatic ring is 1. The maximum atomic E-state index is 13.5. The fraction of sp³-hybridized carbons (Fsp3) is 0.286. The summed E-state index contributed by atoms with van der Waals surface area (Å²) >= 11 is 5.88. The first-order chi connectivity index (χ1) is 9.67. The standard InChI is InChI=1S/C14H14ClFN4/c15-9-5-8(6-10(16)7-9)13-18-12-4-2-1-3-11(12)14(19-13)20-17/h5-7H,1-4,17H2,(H,18,19,20). The fourth-order valence-corrected chi connectivity index (χ4v) is 2.75. The van der Waals surface area contributed by atoms with Gasteiger partial charge in [0.15, 0.2) is 5.82 Å². The number of fused-ring (bicyclic) bond motifs is 1. The number of benzene rings is 1. The SMILES string of the molecule is NNc1nc(-c2cc(F)cc(Cl)c2)nc2c1CCCC2. The predicted octanol–water partition coefficient (Wildman–Crippen LogP) is 3.10. The van der Waals surface area contributed by atoms with Crippen LogP contribution >= 0.6 is 11.6 Å². The maximum Gasteiger partial charge on any atom is 0.161 e. The fourth-order valence-electron chi connectivity index (χ4n) is 2.53. The Morgan fingerprint density at radius 1 is 1.15 bits per heavy atom. The minimum Gasteiger partial charge on any atom is -0.308 e. The van der Waals surface area contributed by atoms with Gasteiger partial charge in [0.1, 0.15) is 11.6 Å². The van der Waals surface area contributed by atoms with E-state index in [9.17, 15) is 4.39 Å². The molecule has 3 N–H and O–H groups in total. The van der Waals surface area contributed by atoms with Crippen LogP contribution in [-0.4, -0.2) is 9.97 Å². The Morgan fingerprint density at radius 3 is 2.70 bits per heavy atom. The van der Waals surface area contributed by atoms with E-state index in [1.54, 1.807) is 6.07 Å². The van der Waals surface area contributed by atoms with Crippen molar-refractivity contribution in [2.75, 3.05) is 5.43 Å². The van der Waals surface area contributed by atoms with E-state index >= 15 is 0 Å². The third kappa shape index (κ3) is 2.46. The highest BCUT2D eigenvalue weighted by Crippen LogP contribution is 2.29. The summed E-state index contributed by atoms with van der Waals surface area (Å²) < 4.78 is 13.5. The maximum absolute atomic E-state index is 13.5. The largest absolute Gasteiger partial charge is 0.308 e. The van der Waals surface area contributed by atoms with Crippen molar-refractivity contribution >= 4 is 17.4 Å². The molecule has 1 aromatic heterocycles. The van der Waals surface area contributed by atoms with Crippen molar-refractivity contribution in [3.05, 3.63) is 40.3 Å². The number of aryl methyl sites for hydroxylation is 1. The van der Waals surface area contributed by atoms with Crippen molar-refractivity contribution in [2.24, 2.45) is 5.84 Å². The average Bonchev–Trinajstić information content (AvgIpc) is 2.45. The lowest BCUT2D eigenvalue weighted by Gasteiger charge is -2.18. The molecule has 104 valence electrons. The summed E-state index contributed by atoms with van der Waals surface area (Å²) in [5, 5.41) is 0.323. The van der Waals surface area contributed by atoms with Gasteiger partial charge < -0.3 is 5.43 Å². The highest BCUT2D eigenvalue weighted by molar-refractivity contribution is 6.30. The van der Waals surface area contributed by atoms with Crippen molar-refractivity contribution in [1.29, 1.82) is 0 Å². The lowest BCUT2D eigenvalue weighted by molar-refractivity contribution is 0.628. The van der Waals surface area contributed by atoms with Crippen molar-refractivity contribution in [3.8, 4) is 11.4 Å². The second kappa shape index (κ2) is 5.34. The molecule has 0 amide bonds. The summed E-state index contributed by atoms with van der Waals surface area (Å²) in [6.07, 6.45) is 4.01. The van der Waals surface area contributed by atoms with Crippen LogP contribution in [0.2, 0.25) is 5.02 Å². The summed E-state index contributed by atoms with van der Waals surface area (Å²) in [6.45, 7) is 0. The molecular formula is C14H14ClFN4. The quantitative estimate of drug-likeness (QED) is 0.659. The molecule has 0 saturated heterocycles.